The summed E-state index contributed by atoms with van der Waals surface area (Å²) in [6.07, 6.45) is 1.17. The highest BCUT2D eigenvalue weighted by molar-refractivity contribution is 7.85. The number of allylic oxidation sites excluding steroid dienone is 1. The van der Waals surface area contributed by atoms with Gasteiger partial charge in [0.1, 0.15) is 11.9 Å². The number of halogens is 1. The number of thiol groups is 1. The minimum absolute atomic E-state index is 0.0610. The maximum absolute atomic E-state index is 12.8. The number of hydrazone groups is 1. The molecule has 0 aromatic heterocycles. The van der Waals surface area contributed by atoms with Gasteiger partial charge in [0.05, 0.1) is 4.91 Å². The van der Waals surface area contributed by atoms with Crippen molar-refractivity contribution in [3.05, 3.63) is 41.3 Å². The molecule has 86 valence electrons. The second kappa shape index (κ2) is 6.17. The van der Waals surface area contributed by atoms with Crippen LogP contribution in [0.3, 0.4) is 0 Å². The molecule has 0 amide bonds. The molecule has 0 spiro atoms. The third-order valence-corrected chi connectivity index (χ3v) is 2.12. The molecule has 0 saturated carbocycles. The second-order valence-corrected chi connectivity index (χ2v) is 3.59. The van der Waals surface area contributed by atoms with E-state index in [1.807, 2.05) is 30.3 Å². The summed E-state index contributed by atoms with van der Waals surface area (Å²) < 4.78 is 18.3. The molecule has 0 aliphatic heterocycles. The fourth-order valence-corrected chi connectivity index (χ4v) is 1.37. The lowest BCUT2D eigenvalue weighted by Gasteiger charge is -2.11. The summed E-state index contributed by atoms with van der Waals surface area (Å²) in [4.78, 5) is 0.0610. The third-order valence-electron chi connectivity index (χ3n) is 1.78. The van der Waals surface area contributed by atoms with E-state index in [1.165, 1.54) is 6.08 Å². The van der Waals surface area contributed by atoms with Crippen molar-refractivity contribution in [3.8, 4) is 5.75 Å². The summed E-state index contributed by atoms with van der Waals surface area (Å²) in [6, 6.07) is 9.23. The molecule has 1 atom stereocenters. The fraction of sp³-hybridized carbons (Fsp3) is 0.182. The summed E-state index contributed by atoms with van der Waals surface area (Å²) in [5.41, 5.74) is 0. The summed E-state index contributed by atoms with van der Waals surface area (Å²) in [5.74, 6) is 4.68. The van der Waals surface area contributed by atoms with E-state index < -0.39 is 5.97 Å². The molecule has 0 aliphatic rings. The number of para-hydroxylation sites is 1. The molecule has 0 saturated heterocycles. The Morgan fingerprint density at radius 2 is 2.12 bits per heavy atom. The molecule has 1 aromatic rings. The van der Waals surface area contributed by atoms with Crippen molar-refractivity contribution < 1.29 is 9.13 Å². The van der Waals surface area contributed by atoms with Crippen molar-refractivity contribution in [2.45, 2.75) is 13.0 Å². The monoisotopic (exact) mass is 240 g/mol. The summed E-state index contributed by atoms with van der Waals surface area (Å²) in [7, 11) is 0. The fourth-order valence-electron chi connectivity index (χ4n) is 1.10. The van der Waals surface area contributed by atoms with Crippen molar-refractivity contribution in [2.75, 3.05) is 0 Å². The first-order chi connectivity index (χ1) is 7.63. The Kier molecular flexibility index (Phi) is 4.85. The lowest BCUT2D eigenvalue weighted by Crippen LogP contribution is -2.10. The van der Waals surface area contributed by atoms with Gasteiger partial charge < -0.3 is 10.6 Å². The normalized spacial score (nSPS) is 14.7. The molecule has 1 unspecified atom stereocenters. The van der Waals surface area contributed by atoms with Crippen LogP contribution < -0.4 is 10.6 Å². The maximum Gasteiger partial charge on any atom is 0.243 e. The van der Waals surface area contributed by atoms with Crippen LogP contribution in [0, 0.1) is 0 Å². The molecule has 0 radical (unpaired) electrons. The highest BCUT2D eigenvalue weighted by Crippen LogP contribution is 2.13. The van der Waals surface area contributed by atoms with Gasteiger partial charge in [-0.15, -0.1) is 12.6 Å². The lowest BCUT2D eigenvalue weighted by atomic mass is 10.3. The van der Waals surface area contributed by atoms with Gasteiger partial charge in [-0.1, -0.05) is 18.2 Å². The molecule has 5 heteroatoms. The second-order valence-electron chi connectivity index (χ2n) is 3.11. The van der Waals surface area contributed by atoms with Gasteiger partial charge in [0.2, 0.25) is 5.97 Å². The smallest absolute Gasteiger partial charge is 0.243 e. The Bertz CT molecular complexity index is 392. The van der Waals surface area contributed by atoms with Crippen molar-refractivity contribution in [3.63, 3.8) is 0 Å². The molecule has 0 heterocycles. The van der Waals surface area contributed by atoms with Gasteiger partial charge in [0, 0.05) is 0 Å². The number of benzene rings is 1. The molecule has 0 aliphatic carbocycles. The standard InChI is InChI=1S/C11H13FN2OS/c1-8(7-10(16)11(12)14-13)15-9-5-3-2-4-6-9/h2-8,16H,13H2,1H3/b10-7+,14-11+. The topological polar surface area (TPSA) is 47.6 Å². The molecule has 2 N–H and O–H groups in total. The Balaban J connectivity index is 2.64. The van der Waals surface area contributed by atoms with E-state index >= 15 is 0 Å². The summed E-state index contributed by atoms with van der Waals surface area (Å²) in [5, 5.41) is 2.90. The highest BCUT2D eigenvalue weighted by atomic mass is 32.1. The van der Waals surface area contributed by atoms with E-state index in [1.54, 1.807) is 6.92 Å². The molecular weight excluding hydrogens is 227 g/mol. The minimum atomic E-state index is -0.813. The van der Waals surface area contributed by atoms with Crippen LogP contribution in [0.15, 0.2) is 46.4 Å². The Hall–Kier alpha value is -1.49. The van der Waals surface area contributed by atoms with Crippen molar-refractivity contribution in [2.24, 2.45) is 10.9 Å². The van der Waals surface area contributed by atoms with E-state index in [4.69, 9.17) is 10.6 Å². The number of hydrogen-bond donors (Lipinski definition) is 2. The van der Waals surface area contributed by atoms with E-state index in [0.29, 0.717) is 5.75 Å². The highest BCUT2D eigenvalue weighted by Gasteiger charge is 2.05. The zero-order valence-corrected chi connectivity index (χ0v) is 9.69. The van der Waals surface area contributed by atoms with Gasteiger partial charge in [0.15, 0.2) is 0 Å². The number of rotatable bonds is 4. The van der Waals surface area contributed by atoms with Gasteiger partial charge in [-0.05, 0) is 25.1 Å². The predicted molar refractivity (Wildman–Crippen MR) is 66.3 cm³/mol. The molecule has 16 heavy (non-hydrogen) atoms. The Labute approximate surface area is 99.2 Å². The average Bonchev–Trinajstić information content (AvgIpc) is 2.29. The van der Waals surface area contributed by atoms with Gasteiger partial charge in [-0.3, -0.25) is 0 Å². The molecule has 1 rings (SSSR count). The van der Waals surface area contributed by atoms with Gasteiger partial charge in [-0.25, -0.2) is 0 Å². The molecular formula is C11H13FN2OS. The zero-order chi connectivity index (χ0) is 12.0. The van der Waals surface area contributed by atoms with Crippen LogP contribution in [0.2, 0.25) is 0 Å². The third kappa shape index (κ3) is 3.94. The van der Waals surface area contributed by atoms with Gasteiger partial charge in [-0.2, -0.15) is 9.49 Å². The van der Waals surface area contributed by atoms with E-state index in [0.717, 1.165) is 0 Å². The summed E-state index contributed by atoms with van der Waals surface area (Å²) >= 11 is 3.91. The molecule has 0 fully saturated rings. The molecule has 1 aromatic carbocycles. The predicted octanol–water partition coefficient (Wildman–Crippen LogP) is 2.51. The average molecular weight is 240 g/mol. The van der Waals surface area contributed by atoms with Crippen LogP contribution in [-0.4, -0.2) is 12.1 Å². The lowest BCUT2D eigenvalue weighted by molar-refractivity contribution is 0.269. The van der Waals surface area contributed by atoms with Crippen LogP contribution in [0.1, 0.15) is 6.92 Å². The van der Waals surface area contributed by atoms with Crippen LogP contribution >= 0.6 is 12.6 Å². The van der Waals surface area contributed by atoms with Crippen LogP contribution in [-0.2, 0) is 0 Å². The first-order valence-electron chi connectivity index (χ1n) is 4.69. The van der Waals surface area contributed by atoms with Crippen LogP contribution in [0.25, 0.3) is 0 Å². The number of ether oxygens (including phenoxy) is 1. The first kappa shape index (κ1) is 12.6. The van der Waals surface area contributed by atoms with Crippen LogP contribution in [0.4, 0.5) is 4.39 Å². The van der Waals surface area contributed by atoms with Crippen LogP contribution in [0.5, 0.6) is 5.75 Å². The van der Waals surface area contributed by atoms with E-state index in [-0.39, 0.29) is 11.0 Å². The van der Waals surface area contributed by atoms with Crippen molar-refractivity contribution >= 4 is 18.6 Å². The Morgan fingerprint density at radius 1 is 1.50 bits per heavy atom. The minimum Gasteiger partial charge on any atom is -0.487 e. The number of nitrogens with zero attached hydrogens (tertiary/aromatic N) is 1. The first-order valence-corrected chi connectivity index (χ1v) is 5.14. The number of nitrogens with two attached hydrogens (primary N) is 1. The Morgan fingerprint density at radius 3 is 2.69 bits per heavy atom. The van der Waals surface area contributed by atoms with Crippen molar-refractivity contribution in [1.29, 1.82) is 0 Å². The number of hydrogen-bond acceptors (Lipinski definition) is 4. The largest absolute Gasteiger partial charge is 0.487 e. The zero-order valence-electron chi connectivity index (χ0n) is 8.80. The quantitative estimate of drug-likeness (QED) is 0.367. The van der Waals surface area contributed by atoms with Crippen molar-refractivity contribution in [1.82, 2.24) is 0 Å². The van der Waals surface area contributed by atoms with Gasteiger partial charge >= 0.3 is 0 Å². The molecule has 3 nitrogen and oxygen atoms in total. The maximum atomic E-state index is 12.8. The SMILES string of the molecule is CC(/C=C(S)\C(F)=N/N)Oc1ccccc1. The molecule has 0 bridgehead atoms. The van der Waals surface area contributed by atoms with Gasteiger partial charge in [0.25, 0.3) is 0 Å². The van der Waals surface area contributed by atoms with E-state index in [9.17, 15) is 4.39 Å². The van der Waals surface area contributed by atoms with E-state index in [2.05, 4.69) is 17.7 Å². The summed E-state index contributed by atoms with van der Waals surface area (Å²) in [6.45, 7) is 1.77.